The summed E-state index contributed by atoms with van der Waals surface area (Å²) < 4.78 is 23.9. The van der Waals surface area contributed by atoms with Gasteiger partial charge in [0.05, 0.1) is 0 Å². The summed E-state index contributed by atoms with van der Waals surface area (Å²) >= 11 is 0. The number of rotatable bonds is 10. The van der Waals surface area contributed by atoms with Gasteiger partial charge in [0.2, 0.25) is 0 Å². The first-order valence-corrected chi connectivity index (χ1v) is 6.30. The van der Waals surface area contributed by atoms with Crippen molar-refractivity contribution in [3.63, 3.8) is 0 Å². The van der Waals surface area contributed by atoms with Crippen molar-refractivity contribution in [3.05, 3.63) is 12.2 Å². The third-order valence-corrected chi connectivity index (χ3v) is 2.22. The van der Waals surface area contributed by atoms with Crippen LogP contribution in [0.1, 0.15) is 46.5 Å². The normalized spacial score (nSPS) is 13.8. The Balaban J connectivity index is 3.81. The molecule has 3 heteroatoms. The third kappa shape index (κ3) is 8.86. The van der Waals surface area contributed by atoms with Crippen LogP contribution in [0.2, 0.25) is 0 Å². The van der Waals surface area contributed by atoms with E-state index in [9.17, 15) is 4.39 Å². The zero-order valence-corrected chi connectivity index (χ0v) is 10.7. The zero-order chi connectivity index (χ0) is 12.2. The first-order valence-electron chi connectivity index (χ1n) is 6.30. The fourth-order valence-corrected chi connectivity index (χ4v) is 1.38. The summed E-state index contributed by atoms with van der Waals surface area (Å²) in [5.74, 6) is 0. The molecule has 0 heterocycles. The highest BCUT2D eigenvalue weighted by atomic mass is 19.1. The van der Waals surface area contributed by atoms with Gasteiger partial charge in [0.15, 0.2) is 6.29 Å². The van der Waals surface area contributed by atoms with Gasteiger partial charge in [0, 0.05) is 13.2 Å². The predicted octanol–water partition coefficient (Wildman–Crippen LogP) is 3.86. The molecule has 2 nitrogen and oxygen atoms in total. The van der Waals surface area contributed by atoms with Crippen molar-refractivity contribution < 1.29 is 13.9 Å². The van der Waals surface area contributed by atoms with E-state index >= 15 is 0 Å². The number of unbranched alkanes of at least 4 members (excludes halogenated alkanes) is 2. The number of hydrogen-bond acceptors (Lipinski definition) is 2. The number of alkyl halides is 1. The summed E-state index contributed by atoms with van der Waals surface area (Å²) in [7, 11) is 0. The van der Waals surface area contributed by atoms with Gasteiger partial charge in [-0.05, 0) is 32.4 Å². The Morgan fingerprint density at radius 2 is 1.62 bits per heavy atom. The molecule has 96 valence electrons. The predicted molar refractivity (Wildman–Crippen MR) is 65.2 cm³/mol. The zero-order valence-electron chi connectivity index (χ0n) is 10.7. The van der Waals surface area contributed by atoms with Crippen LogP contribution in [0, 0.1) is 0 Å². The molecule has 0 aliphatic carbocycles. The lowest BCUT2D eigenvalue weighted by Crippen LogP contribution is -2.14. The molecule has 0 saturated heterocycles. The molecule has 0 rings (SSSR count). The summed E-state index contributed by atoms with van der Waals surface area (Å²) in [4.78, 5) is 0. The lowest BCUT2D eigenvalue weighted by Gasteiger charge is -2.12. The monoisotopic (exact) mass is 232 g/mol. The quantitative estimate of drug-likeness (QED) is 0.323. The average Bonchev–Trinajstić information content (AvgIpc) is 2.27. The van der Waals surface area contributed by atoms with Crippen LogP contribution < -0.4 is 0 Å². The molecule has 0 spiro atoms. The van der Waals surface area contributed by atoms with Crippen LogP contribution in [0.5, 0.6) is 0 Å². The molecule has 0 aromatic rings. The number of ether oxygens (including phenoxy) is 2. The average molecular weight is 232 g/mol. The molecule has 1 atom stereocenters. The van der Waals surface area contributed by atoms with Crippen molar-refractivity contribution in [3.8, 4) is 0 Å². The van der Waals surface area contributed by atoms with E-state index in [1.807, 2.05) is 13.8 Å². The van der Waals surface area contributed by atoms with Gasteiger partial charge in [-0.25, -0.2) is 4.39 Å². The van der Waals surface area contributed by atoms with Crippen LogP contribution >= 0.6 is 0 Å². The van der Waals surface area contributed by atoms with Crippen molar-refractivity contribution in [1.82, 2.24) is 0 Å². The second-order valence-corrected chi connectivity index (χ2v) is 3.68. The molecular formula is C13H25FO2. The van der Waals surface area contributed by atoms with E-state index in [1.165, 1.54) is 0 Å². The van der Waals surface area contributed by atoms with Crippen molar-refractivity contribution in [1.29, 1.82) is 0 Å². The Bertz CT molecular complexity index is 165. The van der Waals surface area contributed by atoms with Gasteiger partial charge in [0.1, 0.15) is 6.17 Å². The SMILES string of the molecule is CCCCCC(F)/C=C\C(OCC)OCC. The topological polar surface area (TPSA) is 18.5 Å². The Labute approximate surface area is 98.8 Å². The number of halogens is 1. The van der Waals surface area contributed by atoms with Gasteiger partial charge in [0.25, 0.3) is 0 Å². The van der Waals surface area contributed by atoms with E-state index in [0.717, 1.165) is 19.3 Å². The molecule has 0 bridgehead atoms. The molecule has 0 saturated carbocycles. The van der Waals surface area contributed by atoms with E-state index < -0.39 is 12.5 Å². The van der Waals surface area contributed by atoms with Gasteiger partial charge < -0.3 is 9.47 Å². The van der Waals surface area contributed by atoms with Crippen molar-refractivity contribution in [2.45, 2.75) is 58.9 Å². The van der Waals surface area contributed by atoms with Crippen molar-refractivity contribution in [2.24, 2.45) is 0 Å². The third-order valence-electron chi connectivity index (χ3n) is 2.22. The molecule has 0 radical (unpaired) electrons. The molecule has 0 fully saturated rings. The molecule has 0 aliphatic rings. The van der Waals surface area contributed by atoms with Crippen LogP contribution in [0.25, 0.3) is 0 Å². The van der Waals surface area contributed by atoms with Gasteiger partial charge in [-0.15, -0.1) is 0 Å². The standard InChI is InChI=1S/C13H25FO2/c1-4-7-8-9-12(14)10-11-13(15-5-2)16-6-3/h10-13H,4-9H2,1-3H3/b11-10-. The first-order chi connectivity index (χ1) is 7.74. The number of allylic oxidation sites excluding steroid dienone is 1. The summed E-state index contributed by atoms with van der Waals surface area (Å²) in [5.41, 5.74) is 0. The fourth-order valence-electron chi connectivity index (χ4n) is 1.38. The molecule has 0 N–H and O–H groups in total. The number of hydrogen-bond donors (Lipinski definition) is 0. The van der Waals surface area contributed by atoms with Gasteiger partial charge >= 0.3 is 0 Å². The molecule has 1 unspecified atom stereocenters. The summed E-state index contributed by atoms with van der Waals surface area (Å²) in [6.45, 7) is 7.05. The van der Waals surface area contributed by atoms with Gasteiger partial charge in [-0.2, -0.15) is 0 Å². The summed E-state index contributed by atoms with van der Waals surface area (Å²) in [5, 5.41) is 0. The first kappa shape index (κ1) is 15.6. The van der Waals surface area contributed by atoms with Crippen molar-refractivity contribution >= 4 is 0 Å². The molecular weight excluding hydrogens is 207 g/mol. The summed E-state index contributed by atoms with van der Waals surface area (Å²) in [6.07, 6.45) is 5.68. The minimum Gasteiger partial charge on any atom is -0.349 e. The second-order valence-electron chi connectivity index (χ2n) is 3.68. The Kier molecular flexibility index (Phi) is 10.8. The van der Waals surface area contributed by atoms with Crippen LogP contribution in [-0.4, -0.2) is 25.7 Å². The molecule has 0 aromatic carbocycles. The van der Waals surface area contributed by atoms with Crippen molar-refractivity contribution in [2.75, 3.05) is 13.2 Å². The molecule has 0 aromatic heterocycles. The van der Waals surface area contributed by atoms with E-state index in [-0.39, 0.29) is 0 Å². The summed E-state index contributed by atoms with van der Waals surface area (Å²) in [6, 6.07) is 0. The maximum Gasteiger partial charge on any atom is 0.176 e. The van der Waals surface area contributed by atoms with Crippen LogP contribution in [0.3, 0.4) is 0 Å². The maximum atomic E-state index is 13.4. The minimum atomic E-state index is -0.880. The highest BCUT2D eigenvalue weighted by molar-refractivity contribution is 4.91. The van der Waals surface area contributed by atoms with E-state index in [4.69, 9.17) is 9.47 Å². The Hall–Kier alpha value is -0.410. The Morgan fingerprint density at radius 1 is 1.00 bits per heavy atom. The Morgan fingerprint density at radius 3 is 2.12 bits per heavy atom. The van der Waals surface area contributed by atoms with E-state index in [1.54, 1.807) is 12.2 Å². The molecule has 0 aliphatic heterocycles. The smallest absolute Gasteiger partial charge is 0.176 e. The largest absolute Gasteiger partial charge is 0.349 e. The maximum absolute atomic E-state index is 13.4. The molecule has 0 amide bonds. The fraction of sp³-hybridized carbons (Fsp3) is 0.846. The lowest BCUT2D eigenvalue weighted by molar-refractivity contribution is -0.104. The second kappa shape index (κ2) is 11.1. The van der Waals surface area contributed by atoms with Gasteiger partial charge in [-0.1, -0.05) is 26.2 Å². The lowest BCUT2D eigenvalue weighted by atomic mass is 10.1. The van der Waals surface area contributed by atoms with E-state index in [0.29, 0.717) is 19.6 Å². The highest BCUT2D eigenvalue weighted by Crippen LogP contribution is 2.09. The van der Waals surface area contributed by atoms with Gasteiger partial charge in [-0.3, -0.25) is 0 Å². The van der Waals surface area contributed by atoms with Crippen LogP contribution in [0.15, 0.2) is 12.2 Å². The van der Waals surface area contributed by atoms with Crippen LogP contribution in [0.4, 0.5) is 4.39 Å². The highest BCUT2D eigenvalue weighted by Gasteiger charge is 2.05. The minimum absolute atomic E-state index is 0.403. The molecule has 16 heavy (non-hydrogen) atoms. The van der Waals surface area contributed by atoms with E-state index in [2.05, 4.69) is 6.92 Å². The van der Waals surface area contributed by atoms with Crippen LogP contribution in [-0.2, 0) is 9.47 Å².